The lowest BCUT2D eigenvalue weighted by Gasteiger charge is -2.08. The monoisotopic (exact) mass is 335 g/mol. The van der Waals surface area contributed by atoms with Crippen LogP contribution in [0.5, 0.6) is 0 Å². The van der Waals surface area contributed by atoms with Crippen LogP contribution in [0.2, 0.25) is 0 Å². The van der Waals surface area contributed by atoms with Gasteiger partial charge in [-0.25, -0.2) is 0 Å². The Morgan fingerprint density at radius 3 is 2.45 bits per heavy atom. The summed E-state index contributed by atoms with van der Waals surface area (Å²) < 4.78 is 3.04. The van der Waals surface area contributed by atoms with Crippen LogP contribution in [-0.4, -0.2) is 0 Å². The lowest BCUT2D eigenvalue weighted by Crippen LogP contribution is -1.90. The second kappa shape index (κ2) is 9.72. The third-order valence-electron chi connectivity index (χ3n) is 4.36. The van der Waals surface area contributed by atoms with Crippen LogP contribution in [0, 0.1) is 6.42 Å². The van der Waals surface area contributed by atoms with E-state index in [4.69, 9.17) is 0 Å². The van der Waals surface area contributed by atoms with E-state index in [2.05, 4.69) is 39.3 Å². The van der Waals surface area contributed by atoms with Crippen molar-refractivity contribution in [2.24, 2.45) is 0 Å². The van der Waals surface area contributed by atoms with Crippen molar-refractivity contribution in [2.75, 3.05) is 0 Å². The number of aryl methyl sites for hydroxylation is 1. The molecule has 0 aliphatic rings. The van der Waals surface area contributed by atoms with Crippen LogP contribution in [0.4, 0.5) is 0 Å². The van der Waals surface area contributed by atoms with Crippen LogP contribution in [0.15, 0.2) is 12.1 Å². The second-order valence-corrected chi connectivity index (χ2v) is 8.74. The van der Waals surface area contributed by atoms with Crippen molar-refractivity contribution in [3.05, 3.63) is 28.3 Å². The van der Waals surface area contributed by atoms with E-state index < -0.39 is 0 Å². The molecule has 2 aromatic rings. The summed E-state index contributed by atoms with van der Waals surface area (Å²) in [6.07, 6.45) is 14.3. The molecule has 0 fully saturated rings. The summed E-state index contributed by atoms with van der Waals surface area (Å²) in [7, 11) is 0. The van der Waals surface area contributed by atoms with E-state index in [1.165, 1.54) is 67.2 Å². The zero-order chi connectivity index (χ0) is 15.8. The Kier molecular flexibility index (Phi) is 7.96. The first-order valence-electron chi connectivity index (χ1n) is 9.08. The van der Waals surface area contributed by atoms with Crippen molar-refractivity contribution >= 4 is 32.1 Å². The molecule has 0 amide bonds. The first-order chi connectivity index (χ1) is 10.7. The Morgan fingerprint density at radius 1 is 0.955 bits per heavy atom. The zero-order valence-corrected chi connectivity index (χ0v) is 16.1. The van der Waals surface area contributed by atoms with E-state index in [9.17, 15) is 0 Å². The lowest BCUT2D eigenvalue weighted by atomic mass is 10.0. The highest BCUT2D eigenvalue weighted by Crippen LogP contribution is 2.38. The summed E-state index contributed by atoms with van der Waals surface area (Å²) in [6.45, 7) is 6.94. The fourth-order valence-corrected chi connectivity index (χ4v) is 5.38. The van der Waals surface area contributed by atoms with Gasteiger partial charge >= 0.3 is 0 Å². The molecule has 0 spiro atoms. The van der Waals surface area contributed by atoms with Crippen LogP contribution >= 0.6 is 22.7 Å². The van der Waals surface area contributed by atoms with Crippen molar-refractivity contribution in [3.63, 3.8) is 0 Å². The first-order valence-corrected chi connectivity index (χ1v) is 10.7. The van der Waals surface area contributed by atoms with E-state index >= 15 is 0 Å². The average molecular weight is 336 g/mol. The van der Waals surface area contributed by atoms with Gasteiger partial charge in [-0.05, 0) is 50.2 Å². The quantitative estimate of drug-likeness (QED) is 0.365. The molecule has 0 N–H and O–H groups in total. The Balaban J connectivity index is 1.82. The van der Waals surface area contributed by atoms with Gasteiger partial charge in [0.1, 0.15) is 0 Å². The molecule has 0 aromatic carbocycles. The van der Waals surface area contributed by atoms with Gasteiger partial charge in [0.25, 0.3) is 0 Å². The molecule has 2 aromatic heterocycles. The topological polar surface area (TPSA) is 0 Å². The number of thiophene rings is 2. The summed E-state index contributed by atoms with van der Waals surface area (Å²) in [4.78, 5) is 3.17. The normalized spacial score (nSPS) is 13.0. The van der Waals surface area contributed by atoms with Crippen LogP contribution in [0.3, 0.4) is 0 Å². The van der Waals surface area contributed by atoms with Gasteiger partial charge in [0.15, 0.2) is 0 Å². The van der Waals surface area contributed by atoms with Crippen LogP contribution in [-0.2, 0) is 6.42 Å². The van der Waals surface area contributed by atoms with Gasteiger partial charge in [-0.15, -0.1) is 22.7 Å². The molecule has 2 heterocycles. The lowest BCUT2D eigenvalue weighted by molar-refractivity contribution is 0.653. The van der Waals surface area contributed by atoms with E-state index in [1.54, 1.807) is 9.75 Å². The predicted octanol–water partition coefficient (Wildman–Crippen LogP) is 7.97. The Hall–Kier alpha value is -0.340. The summed E-state index contributed by atoms with van der Waals surface area (Å²) >= 11 is 4.05. The smallest absolute Gasteiger partial charge is 0.0456 e. The van der Waals surface area contributed by atoms with Crippen molar-refractivity contribution in [3.8, 4) is 0 Å². The van der Waals surface area contributed by atoms with Gasteiger partial charge in [-0.3, -0.25) is 0 Å². The van der Waals surface area contributed by atoms with Crippen LogP contribution in [0.25, 0.3) is 9.40 Å². The Morgan fingerprint density at radius 2 is 1.73 bits per heavy atom. The molecule has 1 radical (unpaired) electrons. The maximum Gasteiger partial charge on any atom is 0.0456 e. The highest BCUT2D eigenvalue weighted by Gasteiger charge is 2.12. The second-order valence-electron chi connectivity index (χ2n) is 6.46. The predicted molar refractivity (Wildman–Crippen MR) is 104 cm³/mol. The molecule has 0 aliphatic heterocycles. The molecule has 2 heteroatoms. The number of hydrogen-bond acceptors (Lipinski definition) is 2. The molecular formula is C20H31S2. The van der Waals surface area contributed by atoms with Crippen molar-refractivity contribution in [1.82, 2.24) is 0 Å². The highest BCUT2D eigenvalue weighted by molar-refractivity contribution is 7.27. The van der Waals surface area contributed by atoms with Crippen LogP contribution < -0.4 is 0 Å². The molecule has 0 nitrogen and oxygen atoms in total. The standard InChI is InChI=1S/C20H31S2/c1-4-6-8-9-11-12-16(3)18-15-20-19(22-18)14-17(21-20)13-10-7-5-2/h9,14-16H,4-8,10-13H2,1-3H3. The molecule has 1 atom stereocenters. The molecule has 0 bridgehead atoms. The van der Waals surface area contributed by atoms with Gasteiger partial charge in [-0.2, -0.15) is 0 Å². The van der Waals surface area contributed by atoms with E-state index in [-0.39, 0.29) is 0 Å². The van der Waals surface area contributed by atoms with Crippen molar-refractivity contribution in [1.29, 1.82) is 0 Å². The number of unbranched alkanes of at least 4 members (excludes halogenated alkanes) is 6. The minimum atomic E-state index is 0.714. The number of rotatable bonds is 11. The molecular weight excluding hydrogens is 304 g/mol. The first kappa shape index (κ1) is 18.0. The summed E-state index contributed by atoms with van der Waals surface area (Å²) in [5, 5.41) is 0. The van der Waals surface area contributed by atoms with E-state index in [0.717, 1.165) is 0 Å². The SMILES string of the molecule is CCCC[CH]CCC(C)c1cc2sc(CCCCC)cc2s1. The molecule has 2 rings (SSSR count). The summed E-state index contributed by atoms with van der Waals surface area (Å²) in [6, 6.07) is 4.91. The molecule has 0 aliphatic carbocycles. The molecule has 0 saturated heterocycles. The third kappa shape index (κ3) is 5.38. The largest absolute Gasteiger partial charge is 0.139 e. The Bertz CT molecular complexity index is 503. The molecule has 123 valence electrons. The van der Waals surface area contributed by atoms with Gasteiger partial charge < -0.3 is 0 Å². The minimum Gasteiger partial charge on any atom is -0.139 e. The van der Waals surface area contributed by atoms with Crippen LogP contribution in [0.1, 0.15) is 87.8 Å². The zero-order valence-electron chi connectivity index (χ0n) is 14.5. The van der Waals surface area contributed by atoms with Crippen molar-refractivity contribution in [2.45, 2.75) is 84.5 Å². The summed E-state index contributed by atoms with van der Waals surface area (Å²) in [5.41, 5.74) is 0. The highest BCUT2D eigenvalue weighted by atomic mass is 32.1. The Labute approximate surface area is 145 Å². The average Bonchev–Trinajstić information content (AvgIpc) is 3.05. The molecule has 1 unspecified atom stereocenters. The van der Waals surface area contributed by atoms with E-state index in [1.807, 2.05) is 22.7 Å². The third-order valence-corrected chi connectivity index (χ3v) is 6.94. The summed E-state index contributed by atoms with van der Waals surface area (Å²) in [5.74, 6) is 0.714. The van der Waals surface area contributed by atoms with E-state index in [0.29, 0.717) is 5.92 Å². The maximum absolute atomic E-state index is 2.49. The fourth-order valence-electron chi connectivity index (χ4n) is 2.82. The maximum atomic E-state index is 2.49. The molecule has 0 saturated carbocycles. The number of hydrogen-bond donors (Lipinski definition) is 0. The van der Waals surface area contributed by atoms with Gasteiger partial charge in [0, 0.05) is 19.2 Å². The van der Waals surface area contributed by atoms with Gasteiger partial charge in [-0.1, -0.05) is 52.9 Å². The number of fused-ring (bicyclic) bond motifs is 1. The molecule has 22 heavy (non-hydrogen) atoms. The van der Waals surface area contributed by atoms with Gasteiger partial charge in [0.2, 0.25) is 0 Å². The minimum absolute atomic E-state index is 0.714. The van der Waals surface area contributed by atoms with Crippen molar-refractivity contribution < 1.29 is 0 Å². The van der Waals surface area contributed by atoms with Gasteiger partial charge in [0.05, 0.1) is 0 Å². The fraction of sp³-hybridized carbons (Fsp3) is 0.650.